The Labute approximate surface area is 202 Å². The minimum Gasteiger partial charge on any atom is -0.496 e. The van der Waals surface area contributed by atoms with Crippen LogP contribution in [0.4, 0.5) is 0 Å². The van der Waals surface area contributed by atoms with Crippen molar-refractivity contribution in [1.82, 2.24) is 0 Å². The average molecular weight is 465 g/mol. The fourth-order valence-electron chi connectivity index (χ4n) is 4.12. The zero-order chi connectivity index (χ0) is 23.8. The van der Waals surface area contributed by atoms with E-state index in [1.165, 1.54) is 15.9 Å². The van der Waals surface area contributed by atoms with Gasteiger partial charge >= 0.3 is 0 Å². The second-order valence-corrected chi connectivity index (χ2v) is 11.2. The Hall–Kier alpha value is -3.68. The number of ether oxygens (including phenoxy) is 1. The van der Waals surface area contributed by atoms with Crippen molar-refractivity contribution in [2.45, 2.75) is 13.8 Å². The molecule has 4 rings (SSSR count). The van der Waals surface area contributed by atoms with Crippen molar-refractivity contribution >= 4 is 40.0 Å². The van der Waals surface area contributed by atoms with E-state index in [0.29, 0.717) is 0 Å². The van der Waals surface area contributed by atoms with Crippen LogP contribution in [-0.4, -0.2) is 24.3 Å². The fourth-order valence-corrected chi connectivity index (χ4v) is 8.00. The summed E-state index contributed by atoms with van der Waals surface area (Å²) in [6.07, 6.45) is 0. The summed E-state index contributed by atoms with van der Waals surface area (Å²) in [6, 6.07) is 40.1. The van der Waals surface area contributed by atoms with Crippen molar-refractivity contribution in [1.29, 1.82) is 0 Å². The topological polar surface area (TPSA) is 34.0 Å². The van der Waals surface area contributed by atoms with E-state index < -0.39 is 6.89 Å². The first-order chi connectivity index (χ1) is 16.6. The van der Waals surface area contributed by atoms with Gasteiger partial charge in [-0.2, -0.15) is 10.2 Å². The van der Waals surface area contributed by atoms with E-state index in [1.54, 1.807) is 7.11 Å². The van der Waals surface area contributed by atoms with E-state index >= 15 is 0 Å². The van der Waals surface area contributed by atoms with Crippen LogP contribution in [0.25, 0.3) is 0 Å². The van der Waals surface area contributed by atoms with Crippen LogP contribution in [0.15, 0.2) is 125 Å². The van der Waals surface area contributed by atoms with E-state index in [-0.39, 0.29) is 0 Å². The lowest BCUT2D eigenvalue weighted by molar-refractivity contribution is 0.414. The Bertz CT molecular complexity index is 1240. The number of nitrogens with zero attached hydrogens (tertiary/aromatic N) is 2. The molecule has 3 nitrogen and oxygen atoms in total. The Kier molecular flexibility index (Phi) is 7.57. The molecule has 0 amide bonds. The van der Waals surface area contributed by atoms with Gasteiger partial charge in [-0.25, -0.2) is 0 Å². The molecule has 0 aliphatic heterocycles. The lowest BCUT2D eigenvalue weighted by Crippen LogP contribution is -2.28. The molecule has 0 N–H and O–H groups in total. The molecule has 0 saturated carbocycles. The zero-order valence-electron chi connectivity index (χ0n) is 19.8. The van der Waals surface area contributed by atoms with Crippen LogP contribution in [0.5, 0.6) is 5.75 Å². The van der Waals surface area contributed by atoms with Gasteiger partial charge in [0.15, 0.2) is 0 Å². The highest BCUT2D eigenvalue weighted by atomic mass is 31.2. The third kappa shape index (κ3) is 4.95. The van der Waals surface area contributed by atoms with Gasteiger partial charge in [-0.05, 0) is 54.6 Å². The van der Waals surface area contributed by atoms with Crippen LogP contribution in [0.2, 0.25) is 0 Å². The fraction of sp³-hybridized carbons (Fsp3) is 0.100. The molecule has 0 radical (unpaired) electrons. The summed E-state index contributed by atoms with van der Waals surface area (Å²) in [4.78, 5) is 0. The van der Waals surface area contributed by atoms with Gasteiger partial charge in [0, 0.05) is 5.56 Å². The number of benzene rings is 4. The standard InChI is InChI=1S/C30H29N2OP/c1-24(31-32-25(2)29-21-13-14-22-30(29)33-3)23-34(26-15-7-4-8-16-26,27-17-9-5-10-18-27)28-19-11-6-12-20-28/h4-23H,1-3H3/b31-24+,32-25+. The second-order valence-electron chi connectivity index (χ2n) is 7.99. The largest absolute Gasteiger partial charge is 0.496 e. The predicted octanol–water partition coefficient (Wildman–Crippen LogP) is 5.68. The normalized spacial score (nSPS) is 12.3. The van der Waals surface area contributed by atoms with Crippen LogP contribution < -0.4 is 20.7 Å². The molecule has 170 valence electrons. The first kappa shape index (κ1) is 23.5. The van der Waals surface area contributed by atoms with E-state index in [4.69, 9.17) is 4.74 Å². The molecular weight excluding hydrogens is 435 g/mol. The maximum absolute atomic E-state index is 5.50. The molecule has 0 fully saturated rings. The smallest absolute Gasteiger partial charge is 0.127 e. The highest BCUT2D eigenvalue weighted by Gasteiger charge is 2.25. The summed E-state index contributed by atoms with van der Waals surface area (Å²) in [5.41, 5.74) is 2.63. The third-order valence-corrected chi connectivity index (χ3v) is 9.82. The van der Waals surface area contributed by atoms with Crippen molar-refractivity contribution < 1.29 is 4.74 Å². The summed E-state index contributed by atoms with van der Waals surface area (Å²) < 4.78 is 5.50. The molecule has 0 atom stereocenters. The predicted molar refractivity (Wildman–Crippen MR) is 150 cm³/mol. The summed E-state index contributed by atoms with van der Waals surface area (Å²) in [5.74, 6) is 3.12. The van der Waals surface area contributed by atoms with Crippen LogP contribution in [0.3, 0.4) is 0 Å². The highest BCUT2D eigenvalue weighted by Crippen LogP contribution is 2.43. The molecule has 4 aromatic carbocycles. The Morgan fingerprint density at radius 3 is 1.53 bits per heavy atom. The maximum Gasteiger partial charge on any atom is 0.127 e. The van der Waals surface area contributed by atoms with Crippen molar-refractivity contribution in [3.63, 3.8) is 0 Å². The second kappa shape index (κ2) is 11.0. The lowest BCUT2D eigenvalue weighted by Gasteiger charge is -2.28. The van der Waals surface area contributed by atoms with Crippen molar-refractivity contribution in [2.24, 2.45) is 10.2 Å². The summed E-state index contributed by atoms with van der Waals surface area (Å²) >= 11 is 0. The van der Waals surface area contributed by atoms with Crippen LogP contribution >= 0.6 is 6.89 Å². The van der Waals surface area contributed by atoms with E-state index in [2.05, 4.69) is 107 Å². The van der Waals surface area contributed by atoms with E-state index in [0.717, 1.165) is 22.7 Å². The minimum atomic E-state index is -2.11. The molecule has 0 aliphatic carbocycles. The van der Waals surface area contributed by atoms with Crippen molar-refractivity contribution in [3.05, 3.63) is 121 Å². The van der Waals surface area contributed by atoms with Gasteiger partial charge in [0.1, 0.15) is 5.75 Å². The lowest BCUT2D eigenvalue weighted by atomic mass is 10.1. The van der Waals surface area contributed by atoms with Gasteiger partial charge in [0.05, 0.1) is 18.5 Å². The number of rotatable bonds is 7. The average Bonchev–Trinajstić information content (AvgIpc) is 2.92. The minimum absolute atomic E-state index is 0.792. The maximum atomic E-state index is 5.50. The first-order valence-corrected chi connectivity index (χ1v) is 13.1. The van der Waals surface area contributed by atoms with Gasteiger partial charge in [-0.3, -0.25) is 0 Å². The molecule has 0 spiro atoms. The molecular formula is C30H29N2OP. The van der Waals surface area contributed by atoms with Crippen LogP contribution in [0.1, 0.15) is 19.4 Å². The summed E-state index contributed by atoms with van der Waals surface area (Å²) in [6.45, 7) is 1.88. The monoisotopic (exact) mass is 464 g/mol. The molecule has 0 unspecified atom stereocenters. The molecule has 0 bridgehead atoms. The van der Waals surface area contributed by atoms with E-state index in [1.807, 2.05) is 38.1 Å². The number of para-hydroxylation sites is 1. The number of methoxy groups -OCH3 is 1. The first-order valence-electron chi connectivity index (χ1n) is 11.3. The van der Waals surface area contributed by atoms with Crippen molar-refractivity contribution in [2.75, 3.05) is 7.11 Å². The zero-order valence-corrected chi connectivity index (χ0v) is 20.7. The number of hydrogen-bond acceptors (Lipinski definition) is 3. The van der Waals surface area contributed by atoms with Crippen LogP contribution in [0, 0.1) is 0 Å². The molecule has 34 heavy (non-hydrogen) atoms. The van der Waals surface area contributed by atoms with Gasteiger partial charge < -0.3 is 4.74 Å². The molecule has 0 saturated heterocycles. The molecule has 0 aliphatic rings. The molecule has 0 aromatic heterocycles. The molecule has 4 heteroatoms. The Balaban J connectivity index is 1.93. The molecule has 4 aromatic rings. The van der Waals surface area contributed by atoms with Gasteiger partial charge in [-0.15, -0.1) is 0 Å². The SMILES string of the molecule is COc1ccccc1/C(C)=N/N=C(\C)C=P(c1ccccc1)(c1ccccc1)c1ccccc1. The Morgan fingerprint density at radius 2 is 1.06 bits per heavy atom. The summed E-state index contributed by atoms with van der Waals surface area (Å²) in [7, 11) is 1.67. The quantitative estimate of drug-likeness (QED) is 0.197. The van der Waals surface area contributed by atoms with Gasteiger partial charge in [0.25, 0.3) is 0 Å². The molecule has 0 heterocycles. The number of hydrogen-bond donors (Lipinski definition) is 0. The van der Waals surface area contributed by atoms with Gasteiger partial charge in [0.2, 0.25) is 0 Å². The van der Waals surface area contributed by atoms with Crippen molar-refractivity contribution in [3.8, 4) is 5.75 Å². The Morgan fingerprint density at radius 1 is 0.618 bits per heavy atom. The summed E-state index contributed by atoms with van der Waals surface area (Å²) in [5, 5.41) is 13.1. The highest BCUT2D eigenvalue weighted by molar-refractivity contribution is 7.95. The van der Waals surface area contributed by atoms with Gasteiger partial charge in [-0.1, -0.05) is 103 Å². The van der Waals surface area contributed by atoms with E-state index in [9.17, 15) is 0 Å². The third-order valence-electron chi connectivity index (χ3n) is 5.73. The van der Waals surface area contributed by atoms with Crippen LogP contribution in [-0.2, 0) is 0 Å².